The van der Waals surface area contributed by atoms with Crippen LogP contribution in [-0.4, -0.2) is 39.3 Å². The van der Waals surface area contributed by atoms with Crippen molar-refractivity contribution in [2.75, 3.05) is 31.3 Å². The number of anilines is 2. The predicted molar refractivity (Wildman–Crippen MR) is 109 cm³/mol. The van der Waals surface area contributed by atoms with Gasteiger partial charge in [-0.3, -0.25) is 4.79 Å². The van der Waals surface area contributed by atoms with Gasteiger partial charge in [0.2, 0.25) is 15.9 Å². The van der Waals surface area contributed by atoms with Crippen molar-refractivity contribution in [2.45, 2.75) is 31.1 Å². The second-order valence-electron chi connectivity index (χ2n) is 6.52. The number of nitrogens with one attached hydrogen (secondary N) is 2. The molecule has 0 saturated heterocycles. The molecule has 0 unspecified atom stereocenters. The maximum Gasteiger partial charge on any atom is 0.243 e. The zero-order valence-electron chi connectivity index (χ0n) is 16.0. The summed E-state index contributed by atoms with van der Waals surface area (Å²) >= 11 is 0. The van der Waals surface area contributed by atoms with E-state index in [-0.39, 0.29) is 17.3 Å². The maximum absolute atomic E-state index is 12.2. The fourth-order valence-corrected chi connectivity index (χ4v) is 3.45. The zero-order chi connectivity index (χ0) is 19.9. The van der Waals surface area contributed by atoms with E-state index in [1.54, 1.807) is 12.1 Å². The SMILES string of the molecule is CCCCc1ccc(NC(=O)CNc2cccc(S(=O)(=O)N(C)C)c2)cc1. The first-order valence-corrected chi connectivity index (χ1v) is 10.4. The van der Waals surface area contributed by atoms with E-state index in [9.17, 15) is 13.2 Å². The third-order valence-corrected chi connectivity index (χ3v) is 5.93. The molecule has 1 amide bonds. The van der Waals surface area contributed by atoms with E-state index in [4.69, 9.17) is 0 Å². The summed E-state index contributed by atoms with van der Waals surface area (Å²) in [6, 6.07) is 14.3. The summed E-state index contributed by atoms with van der Waals surface area (Å²) in [6.45, 7) is 2.20. The van der Waals surface area contributed by atoms with Crippen LogP contribution in [0.1, 0.15) is 25.3 Å². The first-order valence-electron chi connectivity index (χ1n) is 8.98. The highest BCUT2D eigenvalue weighted by Gasteiger charge is 2.17. The molecule has 0 fully saturated rings. The van der Waals surface area contributed by atoms with Crippen LogP contribution in [-0.2, 0) is 21.2 Å². The Labute approximate surface area is 161 Å². The van der Waals surface area contributed by atoms with Gasteiger partial charge >= 0.3 is 0 Å². The Kier molecular flexibility index (Phi) is 7.38. The minimum atomic E-state index is -3.50. The first kappa shape index (κ1) is 20.9. The molecular weight excluding hydrogens is 362 g/mol. The van der Waals surface area contributed by atoms with E-state index in [1.807, 2.05) is 24.3 Å². The van der Waals surface area contributed by atoms with Crippen LogP contribution in [0.25, 0.3) is 0 Å². The van der Waals surface area contributed by atoms with Gasteiger partial charge in [-0.1, -0.05) is 31.5 Å². The Morgan fingerprint density at radius 3 is 2.37 bits per heavy atom. The van der Waals surface area contributed by atoms with Gasteiger partial charge in [0.15, 0.2) is 0 Å². The van der Waals surface area contributed by atoms with Crippen molar-refractivity contribution in [3.63, 3.8) is 0 Å². The third kappa shape index (κ3) is 6.08. The van der Waals surface area contributed by atoms with E-state index in [1.165, 1.54) is 31.8 Å². The van der Waals surface area contributed by atoms with Crippen LogP contribution < -0.4 is 10.6 Å². The molecule has 0 bridgehead atoms. The second kappa shape index (κ2) is 9.53. The zero-order valence-corrected chi connectivity index (χ0v) is 16.8. The van der Waals surface area contributed by atoms with Crippen LogP contribution in [0.15, 0.2) is 53.4 Å². The van der Waals surface area contributed by atoms with Gasteiger partial charge in [0.25, 0.3) is 0 Å². The summed E-state index contributed by atoms with van der Waals surface area (Å²) in [5.74, 6) is -0.197. The van der Waals surface area contributed by atoms with Crippen molar-refractivity contribution < 1.29 is 13.2 Å². The lowest BCUT2D eigenvalue weighted by Crippen LogP contribution is -2.23. The fourth-order valence-electron chi connectivity index (χ4n) is 2.50. The first-order chi connectivity index (χ1) is 12.8. The van der Waals surface area contributed by atoms with Crippen molar-refractivity contribution in [2.24, 2.45) is 0 Å². The molecule has 7 heteroatoms. The van der Waals surface area contributed by atoms with Crippen LogP contribution >= 0.6 is 0 Å². The molecule has 27 heavy (non-hydrogen) atoms. The summed E-state index contributed by atoms with van der Waals surface area (Å²) in [5.41, 5.74) is 2.57. The molecule has 2 N–H and O–H groups in total. The Bertz CT molecular complexity index is 862. The van der Waals surface area contributed by atoms with Gasteiger partial charge in [-0.15, -0.1) is 0 Å². The summed E-state index contributed by atoms with van der Waals surface area (Å²) in [5, 5.41) is 5.79. The number of hydrogen-bond donors (Lipinski definition) is 2. The van der Waals surface area contributed by atoms with Gasteiger partial charge in [0, 0.05) is 25.5 Å². The second-order valence-corrected chi connectivity index (χ2v) is 8.67. The predicted octanol–water partition coefficient (Wildman–Crippen LogP) is 3.33. The number of sulfonamides is 1. The highest BCUT2D eigenvalue weighted by molar-refractivity contribution is 7.89. The standard InChI is InChI=1S/C20H27N3O3S/c1-4-5-7-16-10-12-17(13-11-16)22-20(24)15-21-18-8-6-9-19(14-18)27(25,26)23(2)3/h6,8-14,21H,4-5,7,15H2,1-3H3,(H,22,24). The van der Waals surface area contributed by atoms with Gasteiger partial charge in [0.05, 0.1) is 11.4 Å². The van der Waals surface area contributed by atoms with Crippen LogP contribution in [0.3, 0.4) is 0 Å². The Hall–Kier alpha value is -2.38. The molecule has 0 atom stereocenters. The number of carbonyl (C=O) groups is 1. The molecule has 6 nitrogen and oxygen atoms in total. The quantitative estimate of drug-likeness (QED) is 0.689. The summed E-state index contributed by atoms with van der Waals surface area (Å²) in [7, 11) is -0.540. The van der Waals surface area contributed by atoms with Crippen LogP contribution in [0.5, 0.6) is 0 Å². The van der Waals surface area contributed by atoms with Gasteiger partial charge in [0.1, 0.15) is 0 Å². The van der Waals surface area contributed by atoms with Gasteiger partial charge < -0.3 is 10.6 Å². The molecule has 0 radical (unpaired) electrons. The van der Waals surface area contributed by atoms with Crippen molar-refractivity contribution in [1.29, 1.82) is 0 Å². The Morgan fingerprint density at radius 2 is 1.74 bits per heavy atom. The van der Waals surface area contributed by atoms with Crippen molar-refractivity contribution in [3.05, 3.63) is 54.1 Å². The number of amides is 1. The molecule has 0 aromatic heterocycles. The number of benzene rings is 2. The third-order valence-electron chi connectivity index (χ3n) is 4.12. The van der Waals surface area contributed by atoms with E-state index in [2.05, 4.69) is 17.6 Å². The van der Waals surface area contributed by atoms with Crippen LogP contribution in [0.2, 0.25) is 0 Å². The Morgan fingerprint density at radius 1 is 1.04 bits per heavy atom. The van der Waals surface area contributed by atoms with Crippen molar-refractivity contribution in [3.8, 4) is 0 Å². The van der Waals surface area contributed by atoms with Gasteiger partial charge in [-0.2, -0.15) is 0 Å². The van der Waals surface area contributed by atoms with Gasteiger partial charge in [-0.25, -0.2) is 12.7 Å². The lowest BCUT2D eigenvalue weighted by Gasteiger charge is -2.13. The smallest absolute Gasteiger partial charge is 0.243 e. The molecule has 0 heterocycles. The van der Waals surface area contributed by atoms with E-state index >= 15 is 0 Å². The molecule has 146 valence electrons. The van der Waals surface area contributed by atoms with E-state index < -0.39 is 10.0 Å². The topological polar surface area (TPSA) is 78.5 Å². The fraction of sp³-hybridized carbons (Fsp3) is 0.350. The highest BCUT2D eigenvalue weighted by atomic mass is 32.2. The van der Waals surface area contributed by atoms with Gasteiger partial charge in [-0.05, 0) is 48.7 Å². The molecule has 0 aliphatic heterocycles. The lowest BCUT2D eigenvalue weighted by molar-refractivity contribution is -0.114. The largest absolute Gasteiger partial charge is 0.376 e. The number of unbranched alkanes of at least 4 members (excludes halogenated alkanes) is 1. The number of aryl methyl sites for hydroxylation is 1. The average Bonchev–Trinajstić information content (AvgIpc) is 2.66. The number of carbonyl (C=O) groups excluding carboxylic acids is 1. The van der Waals surface area contributed by atoms with Crippen LogP contribution in [0, 0.1) is 0 Å². The number of nitrogens with zero attached hydrogens (tertiary/aromatic N) is 1. The van der Waals surface area contributed by atoms with E-state index in [0.717, 1.165) is 29.3 Å². The minimum absolute atomic E-state index is 0.0447. The maximum atomic E-state index is 12.2. The summed E-state index contributed by atoms with van der Waals surface area (Å²) in [4.78, 5) is 12.3. The normalized spacial score (nSPS) is 11.4. The molecule has 2 rings (SSSR count). The molecule has 0 aliphatic carbocycles. The number of rotatable bonds is 9. The molecular formula is C20H27N3O3S. The molecule has 2 aromatic rings. The molecule has 0 spiro atoms. The number of hydrogen-bond acceptors (Lipinski definition) is 4. The molecule has 0 saturated carbocycles. The Balaban J connectivity index is 1.92. The lowest BCUT2D eigenvalue weighted by atomic mass is 10.1. The molecule has 2 aromatic carbocycles. The molecule has 0 aliphatic rings. The minimum Gasteiger partial charge on any atom is -0.376 e. The van der Waals surface area contributed by atoms with E-state index in [0.29, 0.717) is 5.69 Å². The van der Waals surface area contributed by atoms with Crippen molar-refractivity contribution in [1.82, 2.24) is 4.31 Å². The summed E-state index contributed by atoms with van der Waals surface area (Å²) in [6.07, 6.45) is 3.35. The highest BCUT2D eigenvalue weighted by Crippen LogP contribution is 2.18. The van der Waals surface area contributed by atoms with Crippen LogP contribution in [0.4, 0.5) is 11.4 Å². The monoisotopic (exact) mass is 389 g/mol. The van der Waals surface area contributed by atoms with Crippen molar-refractivity contribution >= 4 is 27.3 Å². The average molecular weight is 390 g/mol. The summed E-state index contributed by atoms with van der Waals surface area (Å²) < 4.78 is 25.5.